The molecule has 0 aliphatic rings. The van der Waals surface area contributed by atoms with Crippen LogP contribution in [0.5, 0.6) is 0 Å². The highest BCUT2D eigenvalue weighted by atomic mass is 19.2. The molecule has 0 heterocycles. The molecule has 0 atom stereocenters. The predicted octanol–water partition coefficient (Wildman–Crippen LogP) is 9.04. The Hall–Kier alpha value is -4.24. The fraction of sp³-hybridized carbons (Fsp3) is 0. The van der Waals surface area contributed by atoms with Crippen LogP contribution in [-0.4, -0.2) is 0 Å². The van der Waals surface area contributed by atoms with E-state index in [2.05, 4.69) is 0 Å². The van der Waals surface area contributed by atoms with E-state index in [9.17, 15) is 57.1 Å². The summed E-state index contributed by atoms with van der Waals surface area (Å²) in [7, 11) is 0. The van der Waals surface area contributed by atoms with Gasteiger partial charge in [0.1, 0.15) is 0 Å². The third-order valence-electron chi connectivity index (χ3n) is 6.07. The number of hydrogen-bond acceptors (Lipinski definition) is 0. The summed E-state index contributed by atoms with van der Waals surface area (Å²) in [6, 6.07) is 0. The second-order valence-electron chi connectivity index (χ2n) is 8.02. The second-order valence-corrected chi connectivity index (χ2v) is 8.02. The lowest BCUT2D eigenvalue weighted by atomic mass is 9.87. The first-order valence-corrected chi connectivity index (χ1v) is 10.0. The van der Waals surface area contributed by atoms with E-state index in [1.165, 1.54) is 0 Å². The molecule has 0 amide bonds. The molecule has 208 valence electrons. The van der Waals surface area contributed by atoms with E-state index < -0.39 is 137 Å². The SMILES string of the molecule is Fc1c(F)c(F)c(-c2c(F)c(F)c(F)c3c4c(F)c(F)c(F)c(F)c4c4c(F)c(F)c(F)c(F)c4c23)c(F)c1F. The van der Waals surface area contributed by atoms with Crippen LogP contribution >= 0.6 is 0 Å². The Bertz CT molecular complexity index is 1920. The zero-order valence-corrected chi connectivity index (χ0v) is 18.0. The van der Waals surface area contributed by atoms with Gasteiger partial charge in [0, 0.05) is 37.9 Å². The summed E-state index contributed by atoms with van der Waals surface area (Å²) in [4.78, 5) is 0. The minimum absolute atomic E-state index is 2.14. The summed E-state index contributed by atoms with van der Waals surface area (Å²) in [5, 5.41) is -13.1. The monoisotopic (exact) mass is 592 g/mol. The normalized spacial score (nSPS) is 12.0. The third kappa shape index (κ3) is 3.12. The molecule has 0 N–H and O–H groups in total. The summed E-state index contributed by atoms with van der Waals surface area (Å²) < 4.78 is 232. The van der Waals surface area contributed by atoms with Crippen molar-refractivity contribution in [2.75, 3.05) is 0 Å². The van der Waals surface area contributed by atoms with Crippen LogP contribution in [0, 0.1) is 93.1 Å². The van der Waals surface area contributed by atoms with Crippen LogP contribution < -0.4 is 0 Å². The van der Waals surface area contributed by atoms with Gasteiger partial charge in [0.15, 0.2) is 87.3 Å². The summed E-state index contributed by atoms with van der Waals surface area (Å²) in [5.74, 6) is -46.0. The van der Waals surface area contributed by atoms with Crippen molar-refractivity contribution in [2.45, 2.75) is 0 Å². The van der Waals surface area contributed by atoms with Gasteiger partial charge in [0.2, 0.25) is 5.82 Å². The molecule has 40 heavy (non-hydrogen) atoms. The number of fused-ring (bicyclic) bond motifs is 6. The Kier molecular flexibility index (Phi) is 5.90. The topological polar surface area (TPSA) is 0 Å². The molecule has 0 aromatic heterocycles. The van der Waals surface area contributed by atoms with Gasteiger partial charge in [-0.15, -0.1) is 0 Å². The summed E-state index contributed by atoms with van der Waals surface area (Å²) in [5.41, 5.74) is -4.98. The lowest BCUT2D eigenvalue weighted by molar-refractivity contribution is 0.380. The summed E-state index contributed by atoms with van der Waals surface area (Å²) in [6.07, 6.45) is 0. The maximum absolute atomic E-state index is 15.1. The number of halogens is 16. The number of benzene rings is 5. The largest absolute Gasteiger partial charge is 0.203 e. The van der Waals surface area contributed by atoms with Crippen molar-refractivity contribution in [1.29, 1.82) is 0 Å². The zero-order chi connectivity index (χ0) is 29.9. The van der Waals surface area contributed by atoms with Crippen LogP contribution in [0.3, 0.4) is 0 Å². The van der Waals surface area contributed by atoms with Gasteiger partial charge < -0.3 is 0 Å². The van der Waals surface area contributed by atoms with E-state index in [1.807, 2.05) is 0 Å². The number of rotatable bonds is 1. The molecule has 0 nitrogen and oxygen atoms in total. The fourth-order valence-electron chi connectivity index (χ4n) is 4.41. The van der Waals surface area contributed by atoms with E-state index in [0.717, 1.165) is 0 Å². The van der Waals surface area contributed by atoms with Gasteiger partial charge in [-0.25, -0.2) is 70.2 Å². The Balaban J connectivity index is 2.36. The molecule has 0 aliphatic carbocycles. The zero-order valence-electron chi connectivity index (χ0n) is 18.0. The standard InChI is InChI=1S/C24F16/c25-9-2-1(4(11(27)17(9)33)8-15(31)22(38)24(40)23(39)16(8)32)3-6(13(29)19(35)18(34)10(3)26)7-5(2)12(28)20(36)21(37)14(7)30. The molecule has 16 heteroatoms. The van der Waals surface area contributed by atoms with Gasteiger partial charge in [-0.05, 0) is 0 Å². The fourth-order valence-corrected chi connectivity index (χ4v) is 4.41. The first-order chi connectivity index (χ1) is 18.6. The second kappa shape index (κ2) is 8.63. The van der Waals surface area contributed by atoms with Gasteiger partial charge >= 0.3 is 0 Å². The van der Waals surface area contributed by atoms with Crippen LogP contribution in [0.1, 0.15) is 0 Å². The smallest absolute Gasteiger partial charge is 0.200 e. The Labute approximate surface area is 207 Å². The molecular formula is C24F16. The average molecular weight is 592 g/mol. The van der Waals surface area contributed by atoms with E-state index >= 15 is 13.2 Å². The van der Waals surface area contributed by atoms with Crippen molar-refractivity contribution in [2.24, 2.45) is 0 Å². The van der Waals surface area contributed by atoms with E-state index in [-0.39, 0.29) is 0 Å². The molecule has 5 aromatic carbocycles. The van der Waals surface area contributed by atoms with Crippen LogP contribution in [0.2, 0.25) is 0 Å². The van der Waals surface area contributed by atoms with Crippen LogP contribution in [0.4, 0.5) is 70.2 Å². The van der Waals surface area contributed by atoms with Gasteiger partial charge in [-0.2, -0.15) is 0 Å². The highest BCUT2D eigenvalue weighted by Crippen LogP contribution is 2.49. The Morgan fingerprint density at radius 1 is 0.150 bits per heavy atom. The lowest BCUT2D eigenvalue weighted by Gasteiger charge is -2.19. The molecule has 5 aromatic rings. The van der Waals surface area contributed by atoms with Crippen LogP contribution in [-0.2, 0) is 0 Å². The van der Waals surface area contributed by atoms with Crippen molar-refractivity contribution in [3.05, 3.63) is 93.1 Å². The van der Waals surface area contributed by atoms with Gasteiger partial charge in [0.05, 0.1) is 5.56 Å². The van der Waals surface area contributed by atoms with Crippen molar-refractivity contribution < 1.29 is 70.2 Å². The van der Waals surface area contributed by atoms with Crippen LogP contribution in [0.15, 0.2) is 0 Å². The van der Waals surface area contributed by atoms with E-state index in [0.29, 0.717) is 0 Å². The van der Waals surface area contributed by atoms with E-state index in [1.54, 1.807) is 0 Å². The molecule has 0 unspecified atom stereocenters. The molecule has 0 saturated carbocycles. The predicted molar refractivity (Wildman–Crippen MR) is 104 cm³/mol. The third-order valence-corrected chi connectivity index (χ3v) is 6.07. The first-order valence-electron chi connectivity index (χ1n) is 10.0. The molecule has 0 spiro atoms. The van der Waals surface area contributed by atoms with Crippen molar-refractivity contribution in [3.8, 4) is 11.1 Å². The maximum Gasteiger partial charge on any atom is 0.200 e. The Morgan fingerprint density at radius 2 is 0.325 bits per heavy atom. The molecule has 0 radical (unpaired) electrons. The van der Waals surface area contributed by atoms with Crippen LogP contribution in [0.25, 0.3) is 43.4 Å². The minimum Gasteiger partial charge on any atom is -0.203 e. The molecule has 0 saturated heterocycles. The number of hydrogen-bond donors (Lipinski definition) is 0. The Morgan fingerprint density at radius 3 is 0.625 bits per heavy atom. The lowest BCUT2D eigenvalue weighted by Crippen LogP contribution is -2.10. The molecule has 0 fully saturated rings. The van der Waals surface area contributed by atoms with E-state index in [4.69, 9.17) is 0 Å². The average Bonchev–Trinajstić information content (AvgIpc) is 2.93. The summed E-state index contributed by atoms with van der Waals surface area (Å²) in [6.45, 7) is 0. The van der Waals surface area contributed by atoms with Crippen molar-refractivity contribution in [1.82, 2.24) is 0 Å². The van der Waals surface area contributed by atoms with Crippen molar-refractivity contribution in [3.63, 3.8) is 0 Å². The van der Waals surface area contributed by atoms with Crippen molar-refractivity contribution >= 4 is 32.3 Å². The molecule has 0 aliphatic heterocycles. The highest BCUT2D eigenvalue weighted by Gasteiger charge is 2.37. The quantitative estimate of drug-likeness (QED) is 0.0789. The highest BCUT2D eigenvalue weighted by molar-refractivity contribution is 6.29. The first kappa shape index (κ1) is 27.3. The summed E-state index contributed by atoms with van der Waals surface area (Å²) >= 11 is 0. The van der Waals surface area contributed by atoms with Gasteiger partial charge in [0.25, 0.3) is 0 Å². The molecule has 5 rings (SSSR count). The maximum atomic E-state index is 15.1. The molecule has 0 bridgehead atoms. The molecular weight excluding hydrogens is 592 g/mol. The van der Waals surface area contributed by atoms with Gasteiger partial charge in [-0.1, -0.05) is 0 Å². The minimum atomic E-state index is -2.97. The van der Waals surface area contributed by atoms with Gasteiger partial charge in [-0.3, -0.25) is 0 Å².